The molecule has 2 aromatic rings. The van der Waals surface area contributed by atoms with Crippen LogP contribution in [0.5, 0.6) is 11.6 Å². The fourth-order valence-electron chi connectivity index (χ4n) is 2.57. The SMILES string of the molecule is O=C(N[C@@H]1CCCCNC1=O)c1cccnc1Oc1ccc(Cl)cc1. The van der Waals surface area contributed by atoms with Crippen molar-refractivity contribution in [3.63, 3.8) is 0 Å². The van der Waals surface area contributed by atoms with Gasteiger partial charge in [0, 0.05) is 17.8 Å². The quantitative estimate of drug-likeness (QED) is 0.879. The van der Waals surface area contributed by atoms with Crippen molar-refractivity contribution in [3.05, 3.63) is 53.2 Å². The van der Waals surface area contributed by atoms with Crippen LogP contribution in [0.3, 0.4) is 0 Å². The normalized spacial score (nSPS) is 17.3. The Morgan fingerprint density at radius 3 is 2.84 bits per heavy atom. The van der Waals surface area contributed by atoms with Gasteiger partial charge in [-0.25, -0.2) is 4.98 Å². The molecule has 1 aromatic carbocycles. The van der Waals surface area contributed by atoms with Crippen LogP contribution in [0, 0.1) is 0 Å². The molecule has 2 amide bonds. The summed E-state index contributed by atoms with van der Waals surface area (Å²) >= 11 is 5.86. The van der Waals surface area contributed by atoms with E-state index in [4.69, 9.17) is 16.3 Å². The van der Waals surface area contributed by atoms with Crippen molar-refractivity contribution < 1.29 is 14.3 Å². The van der Waals surface area contributed by atoms with Crippen molar-refractivity contribution in [2.45, 2.75) is 25.3 Å². The Balaban J connectivity index is 1.76. The van der Waals surface area contributed by atoms with E-state index >= 15 is 0 Å². The zero-order valence-electron chi connectivity index (χ0n) is 13.5. The summed E-state index contributed by atoms with van der Waals surface area (Å²) in [5.41, 5.74) is 0.273. The molecule has 130 valence electrons. The van der Waals surface area contributed by atoms with Crippen LogP contribution in [0.15, 0.2) is 42.6 Å². The number of carbonyl (C=O) groups is 2. The largest absolute Gasteiger partial charge is 0.438 e. The molecular weight excluding hydrogens is 342 g/mol. The molecule has 7 heteroatoms. The number of pyridine rings is 1. The van der Waals surface area contributed by atoms with Gasteiger partial charge in [-0.3, -0.25) is 9.59 Å². The van der Waals surface area contributed by atoms with E-state index in [2.05, 4.69) is 15.6 Å². The van der Waals surface area contributed by atoms with Gasteiger partial charge in [-0.2, -0.15) is 0 Å². The second-order valence-electron chi connectivity index (χ2n) is 5.72. The number of nitrogens with one attached hydrogen (secondary N) is 2. The molecule has 0 radical (unpaired) electrons. The van der Waals surface area contributed by atoms with E-state index in [0.717, 1.165) is 12.8 Å². The first-order valence-electron chi connectivity index (χ1n) is 8.10. The van der Waals surface area contributed by atoms with Crippen molar-refractivity contribution in [2.24, 2.45) is 0 Å². The third kappa shape index (κ3) is 4.48. The molecule has 0 saturated carbocycles. The van der Waals surface area contributed by atoms with Crippen LogP contribution in [0.1, 0.15) is 29.6 Å². The first-order chi connectivity index (χ1) is 12.1. The Labute approximate surface area is 150 Å². The highest BCUT2D eigenvalue weighted by molar-refractivity contribution is 6.30. The van der Waals surface area contributed by atoms with Crippen molar-refractivity contribution in [1.82, 2.24) is 15.6 Å². The molecule has 0 spiro atoms. The molecular formula is C18H18ClN3O3. The van der Waals surface area contributed by atoms with Crippen molar-refractivity contribution in [2.75, 3.05) is 6.54 Å². The van der Waals surface area contributed by atoms with Gasteiger partial charge in [0.1, 0.15) is 17.4 Å². The first-order valence-corrected chi connectivity index (χ1v) is 8.48. The molecule has 1 aliphatic rings. The van der Waals surface area contributed by atoms with Crippen molar-refractivity contribution in [1.29, 1.82) is 0 Å². The molecule has 0 aliphatic carbocycles. The highest BCUT2D eigenvalue weighted by Crippen LogP contribution is 2.24. The van der Waals surface area contributed by atoms with Crippen LogP contribution >= 0.6 is 11.6 Å². The molecule has 0 unspecified atom stereocenters. The number of benzene rings is 1. The number of rotatable bonds is 4. The minimum Gasteiger partial charge on any atom is -0.438 e. The maximum Gasteiger partial charge on any atom is 0.257 e. The average Bonchev–Trinajstić information content (AvgIpc) is 2.82. The molecule has 1 saturated heterocycles. The average molecular weight is 360 g/mol. The summed E-state index contributed by atoms with van der Waals surface area (Å²) in [5.74, 6) is 0.148. The number of ether oxygens (including phenoxy) is 1. The van der Waals surface area contributed by atoms with E-state index in [9.17, 15) is 9.59 Å². The molecule has 1 aliphatic heterocycles. The second kappa shape index (κ2) is 7.98. The zero-order valence-corrected chi connectivity index (χ0v) is 14.3. The lowest BCUT2D eigenvalue weighted by atomic mass is 10.1. The molecule has 1 fully saturated rings. The third-order valence-corrected chi connectivity index (χ3v) is 4.14. The fraction of sp³-hybridized carbons (Fsp3) is 0.278. The highest BCUT2D eigenvalue weighted by Gasteiger charge is 2.24. The Morgan fingerprint density at radius 2 is 2.04 bits per heavy atom. The van der Waals surface area contributed by atoms with Crippen LogP contribution in [0.25, 0.3) is 0 Å². The molecule has 0 bridgehead atoms. The Kier molecular flexibility index (Phi) is 5.50. The van der Waals surface area contributed by atoms with E-state index in [1.807, 2.05) is 0 Å². The van der Waals surface area contributed by atoms with E-state index in [1.165, 1.54) is 0 Å². The van der Waals surface area contributed by atoms with Gasteiger partial charge in [-0.15, -0.1) is 0 Å². The van der Waals surface area contributed by atoms with Gasteiger partial charge in [-0.05, 0) is 55.7 Å². The monoisotopic (exact) mass is 359 g/mol. The van der Waals surface area contributed by atoms with Crippen LogP contribution in [-0.2, 0) is 4.79 Å². The smallest absolute Gasteiger partial charge is 0.257 e. The van der Waals surface area contributed by atoms with Gasteiger partial charge in [0.25, 0.3) is 5.91 Å². The van der Waals surface area contributed by atoms with E-state index < -0.39 is 6.04 Å². The minimum absolute atomic E-state index is 0.157. The lowest BCUT2D eigenvalue weighted by molar-refractivity contribution is -0.122. The number of nitrogens with zero attached hydrogens (tertiary/aromatic N) is 1. The second-order valence-corrected chi connectivity index (χ2v) is 6.16. The minimum atomic E-state index is -0.543. The summed E-state index contributed by atoms with van der Waals surface area (Å²) in [6.07, 6.45) is 3.95. The van der Waals surface area contributed by atoms with Gasteiger partial charge in [-0.1, -0.05) is 11.6 Å². The van der Waals surface area contributed by atoms with Gasteiger partial charge in [0.15, 0.2) is 0 Å². The van der Waals surface area contributed by atoms with Crippen LogP contribution in [0.2, 0.25) is 5.02 Å². The predicted molar refractivity (Wildman–Crippen MR) is 93.9 cm³/mol. The summed E-state index contributed by atoms with van der Waals surface area (Å²) in [7, 11) is 0. The highest BCUT2D eigenvalue weighted by atomic mass is 35.5. The number of aromatic nitrogens is 1. The molecule has 2 N–H and O–H groups in total. The number of halogens is 1. The van der Waals surface area contributed by atoms with Gasteiger partial charge in [0.2, 0.25) is 11.8 Å². The van der Waals surface area contributed by atoms with E-state index in [1.54, 1.807) is 42.6 Å². The number of hydrogen-bond donors (Lipinski definition) is 2. The summed E-state index contributed by atoms with van der Waals surface area (Å²) < 4.78 is 5.70. The molecule has 1 aromatic heterocycles. The predicted octanol–water partition coefficient (Wildman–Crippen LogP) is 2.93. The summed E-state index contributed by atoms with van der Waals surface area (Å²) in [4.78, 5) is 28.7. The Bertz CT molecular complexity index is 764. The Hall–Kier alpha value is -2.60. The van der Waals surface area contributed by atoms with Crippen LogP contribution in [0.4, 0.5) is 0 Å². The third-order valence-electron chi connectivity index (χ3n) is 3.88. The summed E-state index contributed by atoms with van der Waals surface area (Å²) in [6.45, 7) is 0.642. The van der Waals surface area contributed by atoms with E-state index in [-0.39, 0.29) is 23.3 Å². The van der Waals surface area contributed by atoms with Gasteiger partial charge < -0.3 is 15.4 Å². The van der Waals surface area contributed by atoms with Gasteiger partial charge >= 0.3 is 0 Å². The molecule has 3 rings (SSSR count). The number of carbonyl (C=O) groups excluding carboxylic acids is 2. The fourth-order valence-corrected chi connectivity index (χ4v) is 2.70. The maximum atomic E-state index is 12.6. The zero-order chi connectivity index (χ0) is 17.6. The summed E-state index contributed by atoms with van der Waals surface area (Å²) in [5, 5.41) is 6.15. The topological polar surface area (TPSA) is 80.3 Å². The first kappa shape index (κ1) is 17.2. The lowest BCUT2D eigenvalue weighted by Crippen LogP contribution is -2.45. The number of hydrogen-bond acceptors (Lipinski definition) is 4. The summed E-state index contributed by atoms with van der Waals surface area (Å²) in [6, 6.07) is 9.48. The molecule has 6 nitrogen and oxygen atoms in total. The van der Waals surface area contributed by atoms with Gasteiger partial charge in [0.05, 0.1) is 0 Å². The molecule has 1 atom stereocenters. The standard InChI is InChI=1S/C18H18ClN3O3/c19-12-6-8-13(9-7-12)25-18-14(4-3-11-21-18)16(23)22-15-5-1-2-10-20-17(15)24/h3-4,6-9,11,15H,1-2,5,10H2,(H,20,24)(H,22,23)/t15-/m1/s1. The molecule has 2 heterocycles. The molecule has 25 heavy (non-hydrogen) atoms. The lowest BCUT2D eigenvalue weighted by Gasteiger charge is -2.16. The maximum absolute atomic E-state index is 12.6. The van der Waals surface area contributed by atoms with Crippen LogP contribution in [-0.4, -0.2) is 29.4 Å². The van der Waals surface area contributed by atoms with Crippen molar-refractivity contribution in [3.8, 4) is 11.6 Å². The number of amides is 2. The Morgan fingerprint density at radius 1 is 1.24 bits per heavy atom. The van der Waals surface area contributed by atoms with E-state index in [0.29, 0.717) is 23.7 Å². The van der Waals surface area contributed by atoms with Crippen molar-refractivity contribution >= 4 is 23.4 Å². The van der Waals surface area contributed by atoms with Crippen LogP contribution < -0.4 is 15.4 Å².